The van der Waals surface area contributed by atoms with E-state index >= 15 is 0 Å². The minimum absolute atomic E-state index is 0.117. The van der Waals surface area contributed by atoms with Gasteiger partial charge in [-0.3, -0.25) is 4.79 Å². The van der Waals surface area contributed by atoms with E-state index in [9.17, 15) is 14.5 Å². The molecule has 3 fully saturated rings. The molecule has 2 bridgehead atoms. The van der Waals surface area contributed by atoms with Gasteiger partial charge in [-0.25, -0.2) is 9.50 Å². The first-order valence-electron chi connectivity index (χ1n) is 13.9. The van der Waals surface area contributed by atoms with Crippen molar-refractivity contribution in [3.05, 3.63) is 72.7 Å². The third-order valence-corrected chi connectivity index (χ3v) is 9.29. The summed E-state index contributed by atoms with van der Waals surface area (Å²) < 4.78 is 20.7. The molecule has 2 unspecified atom stereocenters. The van der Waals surface area contributed by atoms with Crippen LogP contribution in [0.1, 0.15) is 25.8 Å². The van der Waals surface area contributed by atoms with Crippen LogP contribution in [0.5, 0.6) is 5.75 Å². The van der Waals surface area contributed by atoms with Crippen molar-refractivity contribution < 1.29 is 19.2 Å². The third kappa shape index (κ3) is 5.61. The molecule has 0 aliphatic carbocycles. The Morgan fingerprint density at radius 3 is 2.46 bits per heavy atom. The molecule has 1 amide bonds. The van der Waals surface area contributed by atoms with Crippen molar-refractivity contribution in [2.75, 3.05) is 37.9 Å². The first-order valence-corrected chi connectivity index (χ1v) is 16.5. The molecular weight excluding hydrogens is 537 g/mol. The van der Waals surface area contributed by atoms with Gasteiger partial charge >= 0.3 is 0 Å². The largest absolute Gasteiger partial charge is 0.489 e. The quantitative estimate of drug-likeness (QED) is 0.320. The molecule has 0 spiro atoms. The number of piperidine rings is 1. The van der Waals surface area contributed by atoms with Crippen molar-refractivity contribution in [1.29, 1.82) is 0 Å². The van der Waals surface area contributed by atoms with Crippen LogP contribution in [-0.2, 0) is 15.8 Å². The number of hydrogen-bond donors (Lipinski definition) is 1. The topological polar surface area (TPSA) is 100 Å². The molecule has 3 aliphatic heterocycles. The van der Waals surface area contributed by atoms with Gasteiger partial charge in [-0.1, -0.05) is 30.3 Å². The number of rotatable bonds is 8. The zero-order chi connectivity index (χ0) is 28.9. The second kappa shape index (κ2) is 10.3. The summed E-state index contributed by atoms with van der Waals surface area (Å²) in [5.74, 6) is 1.61. The monoisotopic (exact) mass is 573 g/mol. The number of benzene rings is 1. The second-order valence-electron chi connectivity index (χ2n) is 12.2. The van der Waals surface area contributed by atoms with Gasteiger partial charge in [0.25, 0.3) is 0 Å². The Kier molecular flexibility index (Phi) is 6.91. The van der Waals surface area contributed by atoms with E-state index in [4.69, 9.17) is 9.72 Å². The lowest BCUT2D eigenvalue weighted by Crippen LogP contribution is -2.70. The number of anilines is 1. The Bertz CT molecular complexity index is 1610. The van der Waals surface area contributed by atoms with Gasteiger partial charge in [-0.2, -0.15) is 5.10 Å². The molecule has 9 nitrogen and oxygen atoms in total. The molecule has 4 aromatic rings. The van der Waals surface area contributed by atoms with E-state index in [0.717, 1.165) is 47.5 Å². The van der Waals surface area contributed by atoms with Crippen LogP contribution in [0, 0.1) is 0 Å². The van der Waals surface area contributed by atoms with Gasteiger partial charge in [0, 0.05) is 30.4 Å². The van der Waals surface area contributed by atoms with Crippen molar-refractivity contribution in [2.24, 2.45) is 0 Å². The highest BCUT2D eigenvalue weighted by Gasteiger charge is 2.47. The van der Waals surface area contributed by atoms with Crippen LogP contribution in [0.15, 0.2) is 67.1 Å². The summed E-state index contributed by atoms with van der Waals surface area (Å²) in [7, 11) is -2.62. The van der Waals surface area contributed by atoms with Crippen molar-refractivity contribution >= 4 is 29.7 Å². The third-order valence-electron chi connectivity index (χ3n) is 7.80. The molecule has 1 aromatic carbocycles. The van der Waals surface area contributed by atoms with Crippen LogP contribution in [0.25, 0.3) is 16.6 Å². The minimum atomic E-state index is -2.62. The van der Waals surface area contributed by atoms with Crippen molar-refractivity contribution in [2.45, 2.75) is 44.4 Å². The molecule has 10 heteroatoms. The van der Waals surface area contributed by atoms with Gasteiger partial charge in [-0.05, 0) is 57.4 Å². The molecule has 3 aromatic heterocycles. The Morgan fingerprint density at radius 1 is 1.10 bits per heavy atom. The average Bonchev–Trinajstić information content (AvgIpc) is 3.37. The standard InChI is InChI=1S/C31H36N5O4P/c1-31(2,38)20-40-25-14-26(30-27(41(3,4)39)16-33-35(30)19-25)22-10-11-28(32-15-22)34-17-23-13-24(18-34)36(23)29(37)12-21-8-6-5-7-9-21/h5-11,14-16,19,23-24,38H,12-13,17-18,20H2,1-4H3. The smallest absolute Gasteiger partial charge is 0.227 e. The summed E-state index contributed by atoms with van der Waals surface area (Å²) in [5.41, 5.74) is 2.48. The highest BCUT2D eigenvalue weighted by molar-refractivity contribution is 7.70. The van der Waals surface area contributed by atoms with Crippen LogP contribution >= 0.6 is 7.14 Å². The van der Waals surface area contributed by atoms with Gasteiger partial charge in [0.05, 0.1) is 47.3 Å². The van der Waals surface area contributed by atoms with Gasteiger partial charge in [0.15, 0.2) is 0 Å². The van der Waals surface area contributed by atoms with Crippen molar-refractivity contribution in [1.82, 2.24) is 19.5 Å². The van der Waals surface area contributed by atoms with Gasteiger partial charge < -0.3 is 24.2 Å². The summed E-state index contributed by atoms with van der Waals surface area (Å²) in [6, 6.07) is 16.2. The number of piperazine rings is 1. The van der Waals surface area contributed by atoms with E-state index in [1.165, 1.54) is 0 Å². The van der Waals surface area contributed by atoms with Crippen LogP contribution < -0.4 is 14.9 Å². The fraction of sp³-hybridized carbons (Fsp3) is 0.387. The van der Waals surface area contributed by atoms with E-state index in [0.29, 0.717) is 17.5 Å². The fourth-order valence-electron chi connectivity index (χ4n) is 5.83. The number of aliphatic hydroxyl groups is 1. The Balaban J connectivity index is 1.23. The Hall–Kier alpha value is -3.68. The predicted octanol–water partition coefficient (Wildman–Crippen LogP) is 3.83. The fourth-order valence-corrected chi connectivity index (χ4v) is 6.89. The first kappa shape index (κ1) is 27.5. The van der Waals surface area contributed by atoms with Gasteiger partial charge in [-0.15, -0.1) is 0 Å². The minimum Gasteiger partial charge on any atom is -0.489 e. The summed E-state index contributed by atoms with van der Waals surface area (Å²) >= 11 is 0. The zero-order valence-electron chi connectivity index (χ0n) is 23.9. The normalized spacial score (nSPS) is 18.9. The molecule has 3 saturated heterocycles. The SMILES string of the molecule is CC(C)(O)COc1cc(-c2ccc(N3CC4CC(C3)N4C(=O)Cc3ccccc3)nc2)c2c(P(C)(C)=O)cnn2c1. The predicted molar refractivity (Wildman–Crippen MR) is 161 cm³/mol. The zero-order valence-corrected chi connectivity index (χ0v) is 24.8. The average molecular weight is 574 g/mol. The van der Waals surface area contributed by atoms with Crippen LogP contribution in [0.2, 0.25) is 0 Å². The number of amides is 1. The number of carbonyl (C=O) groups is 1. The van der Waals surface area contributed by atoms with Gasteiger partial charge in [0.1, 0.15) is 25.3 Å². The number of pyridine rings is 2. The van der Waals surface area contributed by atoms with E-state index in [1.54, 1.807) is 44.1 Å². The highest BCUT2D eigenvalue weighted by atomic mass is 31.2. The van der Waals surface area contributed by atoms with E-state index in [2.05, 4.69) is 14.9 Å². The molecule has 6 heterocycles. The van der Waals surface area contributed by atoms with E-state index < -0.39 is 12.7 Å². The lowest BCUT2D eigenvalue weighted by atomic mass is 9.86. The molecule has 7 rings (SSSR count). The van der Waals surface area contributed by atoms with Crippen LogP contribution in [0.3, 0.4) is 0 Å². The van der Waals surface area contributed by atoms with Crippen LogP contribution in [-0.4, -0.2) is 81.2 Å². The maximum absolute atomic E-state index is 13.1. The maximum atomic E-state index is 13.1. The van der Waals surface area contributed by atoms with E-state index in [1.807, 2.05) is 54.7 Å². The van der Waals surface area contributed by atoms with Gasteiger partial charge in [0.2, 0.25) is 5.91 Å². The number of fused-ring (bicyclic) bond motifs is 3. The molecule has 3 aliphatic rings. The Labute approximate surface area is 240 Å². The lowest BCUT2D eigenvalue weighted by Gasteiger charge is -2.56. The van der Waals surface area contributed by atoms with Crippen molar-refractivity contribution in [3.8, 4) is 16.9 Å². The Morgan fingerprint density at radius 2 is 1.83 bits per heavy atom. The van der Waals surface area contributed by atoms with E-state index in [-0.39, 0.29) is 24.6 Å². The first-order chi connectivity index (χ1) is 19.5. The number of hydrogen-bond acceptors (Lipinski definition) is 7. The molecule has 0 radical (unpaired) electrons. The maximum Gasteiger partial charge on any atom is 0.227 e. The number of carbonyl (C=O) groups excluding carboxylic acids is 1. The summed E-state index contributed by atoms with van der Waals surface area (Å²) in [6.07, 6.45) is 6.70. The molecule has 0 saturated carbocycles. The molecule has 214 valence electrons. The second-order valence-corrected chi connectivity index (χ2v) is 15.4. The highest BCUT2D eigenvalue weighted by Crippen LogP contribution is 2.40. The summed E-state index contributed by atoms with van der Waals surface area (Å²) in [6.45, 7) is 8.49. The lowest BCUT2D eigenvalue weighted by molar-refractivity contribution is -0.145. The number of nitrogens with zero attached hydrogens (tertiary/aromatic N) is 5. The number of ether oxygens (including phenoxy) is 1. The number of aromatic nitrogens is 3. The molecule has 41 heavy (non-hydrogen) atoms. The molecular formula is C31H36N5O4P. The summed E-state index contributed by atoms with van der Waals surface area (Å²) in [5, 5.41) is 15.3. The van der Waals surface area contributed by atoms with Crippen LogP contribution in [0.4, 0.5) is 5.82 Å². The molecule has 2 atom stereocenters. The molecule has 1 N–H and O–H groups in total. The summed E-state index contributed by atoms with van der Waals surface area (Å²) in [4.78, 5) is 22.1. The van der Waals surface area contributed by atoms with Crippen molar-refractivity contribution in [3.63, 3.8) is 0 Å².